The van der Waals surface area contributed by atoms with Gasteiger partial charge in [0.05, 0.1) is 20.1 Å². The van der Waals surface area contributed by atoms with Crippen LogP contribution in [0.4, 0.5) is 11.4 Å². The van der Waals surface area contributed by atoms with E-state index in [4.69, 9.17) is 9.47 Å². The second-order valence-electron chi connectivity index (χ2n) is 10.1. The first-order valence-electron chi connectivity index (χ1n) is 13.3. The molecule has 2 aliphatic rings. The smallest absolute Gasteiger partial charge is 0.258 e. The minimum absolute atomic E-state index is 0.0816. The van der Waals surface area contributed by atoms with Crippen molar-refractivity contribution in [3.63, 3.8) is 0 Å². The predicted octanol–water partition coefficient (Wildman–Crippen LogP) is 4.25. The van der Waals surface area contributed by atoms with Gasteiger partial charge in [-0.2, -0.15) is 4.31 Å². The third kappa shape index (κ3) is 5.41. The average molecular weight is 564 g/mol. The first-order valence-corrected chi connectivity index (χ1v) is 14.7. The fourth-order valence-corrected chi connectivity index (χ4v) is 7.07. The lowest BCUT2D eigenvalue weighted by Gasteiger charge is -2.31. The highest BCUT2D eigenvalue weighted by molar-refractivity contribution is 7.89. The number of aryl methyl sites for hydroxylation is 1. The molecular weight excluding hydrogens is 530 g/mol. The van der Waals surface area contributed by atoms with Gasteiger partial charge >= 0.3 is 0 Å². The summed E-state index contributed by atoms with van der Waals surface area (Å²) in [6.07, 6.45) is 1.87. The first-order chi connectivity index (χ1) is 19.2. The molecular formula is C30H33N3O6S. The van der Waals surface area contributed by atoms with E-state index in [0.717, 1.165) is 23.2 Å². The lowest BCUT2D eigenvalue weighted by Crippen LogP contribution is -2.43. The van der Waals surface area contributed by atoms with Gasteiger partial charge in [0, 0.05) is 36.6 Å². The van der Waals surface area contributed by atoms with Gasteiger partial charge in [-0.15, -0.1) is 0 Å². The summed E-state index contributed by atoms with van der Waals surface area (Å²) in [7, 11) is -0.825. The van der Waals surface area contributed by atoms with Crippen molar-refractivity contribution in [2.24, 2.45) is 5.92 Å². The molecule has 3 aromatic carbocycles. The zero-order chi connectivity index (χ0) is 28.4. The standard InChI is InChI=1S/C30H33N3O6S/c1-20-6-13-27(39-3)28(17-20)40(36,37)32-15-4-5-23(19-32)29(34)31-24-10-7-21-14-16-33(26(21)18-24)30(35)22-8-11-25(38-2)12-9-22/h6-13,17-18,23H,4-5,14-16,19H2,1-3H3,(H,31,34)/t23-/m0/s1. The third-order valence-electron chi connectivity index (χ3n) is 7.52. The lowest BCUT2D eigenvalue weighted by atomic mass is 9.98. The summed E-state index contributed by atoms with van der Waals surface area (Å²) in [4.78, 5) is 28.4. The quantitative estimate of drug-likeness (QED) is 0.461. The number of piperidine rings is 1. The average Bonchev–Trinajstić information content (AvgIpc) is 3.40. The molecule has 1 saturated heterocycles. The van der Waals surface area contributed by atoms with Crippen molar-refractivity contribution in [2.45, 2.75) is 31.1 Å². The molecule has 1 atom stereocenters. The van der Waals surface area contributed by atoms with Crippen LogP contribution in [0.3, 0.4) is 0 Å². The molecule has 0 saturated carbocycles. The molecule has 40 heavy (non-hydrogen) atoms. The molecule has 2 amide bonds. The Bertz CT molecular complexity index is 1540. The van der Waals surface area contributed by atoms with Crippen LogP contribution < -0.4 is 19.7 Å². The molecule has 0 radical (unpaired) electrons. The Hall–Kier alpha value is -3.89. The molecule has 1 N–H and O–H groups in total. The van der Waals surface area contributed by atoms with Crippen LogP contribution in [0.5, 0.6) is 11.5 Å². The Morgan fingerprint density at radius 1 is 0.950 bits per heavy atom. The van der Waals surface area contributed by atoms with Crippen LogP contribution in [0.1, 0.15) is 34.3 Å². The molecule has 10 heteroatoms. The van der Waals surface area contributed by atoms with Crippen LogP contribution in [0.15, 0.2) is 65.6 Å². The molecule has 0 aromatic heterocycles. The van der Waals surface area contributed by atoms with E-state index in [1.807, 2.05) is 25.1 Å². The maximum atomic E-state index is 13.5. The molecule has 2 aliphatic heterocycles. The number of nitrogens with zero attached hydrogens (tertiary/aromatic N) is 2. The van der Waals surface area contributed by atoms with Crippen LogP contribution in [0, 0.1) is 12.8 Å². The van der Waals surface area contributed by atoms with E-state index < -0.39 is 15.9 Å². The molecule has 3 aromatic rings. The van der Waals surface area contributed by atoms with Gasteiger partial charge in [0.15, 0.2) is 0 Å². The Balaban J connectivity index is 1.30. The number of fused-ring (bicyclic) bond motifs is 1. The number of methoxy groups -OCH3 is 2. The van der Waals surface area contributed by atoms with Crippen molar-refractivity contribution in [1.29, 1.82) is 0 Å². The Labute approximate surface area is 234 Å². The second-order valence-corrected chi connectivity index (χ2v) is 12.0. The Morgan fingerprint density at radius 3 is 2.45 bits per heavy atom. The number of nitrogens with one attached hydrogen (secondary N) is 1. The van der Waals surface area contributed by atoms with Gasteiger partial charge < -0.3 is 19.7 Å². The van der Waals surface area contributed by atoms with Crippen molar-refractivity contribution >= 4 is 33.2 Å². The molecule has 0 unspecified atom stereocenters. The minimum atomic E-state index is -3.85. The maximum Gasteiger partial charge on any atom is 0.258 e. The maximum absolute atomic E-state index is 13.5. The molecule has 0 bridgehead atoms. The van der Waals surface area contributed by atoms with E-state index in [-0.39, 0.29) is 29.0 Å². The Kier molecular flexibility index (Phi) is 7.82. The highest BCUT2D eigenvalue weighted by atomic mass is 32.2. The number of carbonyl (C=O) groups is 2. The number of hydrogen-bond donors (Lipinski definition) is 1. The summed E-state index contributed by atoms with van der Waals surface area (Å²) in [5, 5.41) is 2.96. The topological polar surface area (TPSA) is 105 Å². The molecule has 2 heterocycles. The number of sulfonamides is 1. The van der Waals surface area contributed by atoms with Gasteiger partial charge in [0.1, 0.15) is 16.4 Å². The molecule has 5 rings (SSSR count). The highest BCUT2D eigenvalue weighted by Crippen LogP contribution is 2.34. The van der Waals surface area contributed by atoms with E-state index in [1.165, 1.54) is 11.4 Å². The summed E-state index contributed by atoms with van der Waals surface area (Å²) in [5.41, 5.74) is 3.72. The van der Waals surface area contributed by atoms with Crippen LogP contribution >= 0.6 is 0 Å². The van der Waals surface area contributed by atoms with E-state index in [0.29, 0.717) is 42.9 Å². The van der Waals surface area contributed by atoms with E-state index >= 15 is 0 Å². The normalized spacial score (nSPS) is 17.3. The monoisotopic (exact) mass is 563 g/mol. The van der Waals surface area contributed by atoms with Crippen LogP contribution in [0.25, 0.3) is 0 Å². The summed E-state index contributed by atoms with van der Waals surface area (Å²) in [5.74, 6) is 0.0795. The fourth-order valence-electron chi connectivity index (χ4n) is 5.30. The zero-order valence-electron chi connectivity index (χ0n) is 22.8. The van der Waals surface area contributed by atoms with E-state index in [2.05, 4.69) is 5.32 Å². The number of hydrogen-bond acceptors (Lipinski definition) is 6. The number of ether oxygens (including phenoxy) is 2. The molecule has 1 fully saturated rings. The Morgan fingerprint density at radius 2 is 1.73 bits per heavy atom. The highest BCUT2D eigenvalue weighted by Gasteiger charge is 2.35. The fraction of sp³-hybridized carbons (Fsp3) is 0.333. The van der Waals surface area contributed by atoms with Crippen LogP contribution in [-0.2, 0) is 21.2 Å². The predicted molar refractivity (Wildman–Crippen MR) is 153 cm³/mol. The van der Waals surface area contributed by atoms with Crippen LogP contribution in [-0.4, -0.2) is 58.4 Å². The van der Waals surface area contributed by atoms with Gasteiger partial charge in [-0.3, -0.25) is 9.59 Å². The van der Waals surface area contributed by atoms with Crippen LogP contribution in [0.2, 0.25) is 0 Å². The first kappa shape index (κ1) is 27.7. The van der Waals surface area contributed by atoms with Gasteiger partial charge in [-0.05, 0) is 85.8 Å². The number of benzene rings is 3. The van der Waals surface area contributed by atoms with E-state index in [9.17, 15) is 18.0 Å². The SMILES string of the molecule is COc1ccc(C(=O)N2CCc3ccc(NC(=O)[C@H]4CCCN(S(=O)(=O)c5cc(C)ccc5OC)C4)cc32)cc1. The van der Waals surface area contributed by atoms with Crippen molar-refractivity contribution < 1.29 is 27.5 Å². The number of amides is 2. The van der Waals surface area contributed by atoms with Gasteiger partial charge in [0.2, 0.25) is 15.9 Å². The van der Waals surface area contributed by atoms with Gasteiger partial charge in [-0.1, -0.05) is 12.1 Å². The zero-order valence-corrected chi connectivity index (χ0v) is 23.7. The summed E-state index contributed by atoms with van der Waals surface area (Å²) in [6, 6.07) is 17.6. The van der Waals surface area contributed by atoms with Gasteiger partial charge in [-0.25, -0.2) is 8.42 Å². The van der Waals surface area contributed by atoms with Crippen molar-refractivity contribution in [3.05, 3.63) is 77.4 Å². The summed E-state index contributed by atoms with van der Waals surface area (Å²) < 4.78 is 38.9. The number of rotatable bonds is 7. The second kappa shape index (κ2) is 11.3. The van der Waals surface area contributed by atoms with E-state index in [1.54, 1.807) is 54.5 Å². The number of anilines is 2. The van der Waals surface area contributed by atoms with Crippen molar-refractivity contribution in [1.82, 2.24) is 4.31 Å². The number of carbonyl (C=O) groups excluding carboxylic acids is 2. The van der Waals surface area contributed by atoms with Gasteiger partial charge in [0.25, 0.3) is 5.91 Å². The molecule has 9 nitrogen and oxygen atoms in total. The largest absolute Gasteiger partial charge is 0.497 e. The lowest BCUT2D eigenvalue weighted by molar-refractivity contribution is -0.120. The summed E-state index contributed by atoms with van der Waals surface area (Å²) in [6.45, 7) is 2.80. The molecule has 0 spiro atoms. The third-order valence-corrected chi connectivity index (χ3v) is 9.41. The minimum Gasteiger partial charge on any atom is -0.497 e. The molecule has 0 aliphatic carbocycles. The molecule has 210 valence electrons. The summed E-state index contributed by atoms with van der Waals surface area (Å²) >= 11 is 0. The van der Waals surface area contributed by atoms with Crippen molar-refractivity contribution in [3.8, 4) is 11.5 Å². The van der Waals surface area contributed by atoms with Crippen molar-refractivity contribution in [2.75, 3.05) is 44.1 Å².